The summed E-state index contributed by atoms with van der Waals surface area (Å²) < 4.78 is 0. The average Bonchev–Trinajstić information content (AvgIpc) is 2.88. The summed E-state index contributed by atoms with van der Waals surface area (Å²) >= 11 is 5.95. The highest BCUT2D eigenvalue weighted by atomic mass is 35.5. The highest BCUT2D eigenvalue weighted by Crippen LogP contribution is 2.18. The van der Waals surface area contributed by atoms with Crippen molar-refractivity contribution < 1.29 is 4.79 Å². The Balaban J connectivity index is 1.88. The highest BCUT2D eigenvalue weighted by Gasteiger charge is 2.13. The maximum Gasteiger partial charge on any atom is 0.278 e. The zero-order valence-electron chi connectivity index (χ0n) is 10.3. The van der Waals surface area contributed by atoms with Crippen LogP contribution in [0, 0.1) is 6.92 Å². The van der Waals surface area contributed by atoms with E-state index in [4.69, 9.17) is 11.6 Å². The van der Waals surface area contributed by atoms with Gasteiger partial charge in [-0.2, -0.15) is 9.97 Å². The zero-order valence-corrected chi connectivity index (χ0v) is 11.0. The maximum absolute atomic E-state index is 11.9. The van der Waals surface area contributed by atoms with E-state index >= 15 is 0 Å². The number of carbonyl (C=O) groups excluding carboxylic acids is 1. The number of imidazole rings is 1. The molecule has 9 heteroatoms. The summed E-state index contributed by atoms with van der Waals surface area (Å²) in [6.45, 7) is 1.78. The van der Waals surface area contributed by atoms with Gasteiger partial charge in [0.05, 0.1) is 18.2 Å². The molecule has 3 heterocycles. The van der Waals surface area contributed by atoms with Crippen LogP contribution in [0.5, 0.6) is 0 Å². The van der Waals surface area contributed by atoms with Crippen molar-refractivity contribution in [3.05, 3.63) is 35.3 Å². The Morgan fingerprint density at radius 1 is 1.25 bits per heavy atom. The van der Waals surface area contributed by atoms with Crippen molar-refractivity contribution in [2.75, 3.05) is 5.32 Å². The Labute approximate surface area is 117 Å². The number of halogens is 1. The van der Waals surface area contributed by atoms with Crippen molar-refractivity contribution in [1.82, 2.24) is 29.9 Å². The topological polar surface area (TPSA) is 109 Å². The van der Waals surface area contributed by atoms with E-state index in [1.54, 1.807) is 6.92 Å². The normalized spacial score (nSPS) is 10.7. The van der Waals surface area contributed by atoms with Crippen molar-refractivity contribution in [2.24, 2.45) is 0 Å². The predicted molar refractivity (Wildman–Crippen MR) is 71.4 cm³/mol. The van der Waals surface area contributed by atoms with Gasteiger partial charge in [-0.15, -0.1) is 0 Å². The third-order valence-corrected chi connectivity index (χ3v) is 2.75. The lowest BCUT2D eigenvalue weighted by Gasteiger charge is -2.03. The summed E-state index contributed by atoms with van der Waals surface area (Å²) in [6, 6.07) is 0. The predicted octanol–water partition coefficient (Wildman–Crippen LogP) is 1.36. The Hall–Kier alpha value is -2.61. The van der Waals surface area contributed by atoms with Crippen molar-refractivity contribution in [3.8, 4) is 0 Å². The van der Waals surface area contributed by atoms with E-state index in [1.807, 2.05) is 0 Å². The lowest BCUT2D eigenvalue weighted by atomic mass is 10.4. The molecule has 8 nitrogen and oxygen atoms in total. The minimum Gasteiger partial charge on any atom is -0.341 e. The number of amides is 1. The van der Waals surface area contributed by atoms with Crippen molar-refractivity contribution in [3.63, 3.8) is 0 Å². The number of nitrogens with zero attached hydrogens (tertiary/aromatic N) is 5. The minimum absolute atomic E-state index is 0.0574. The molecule has 0 aromatic carbocycles. The van der Waals surface area contributed by atoms with Gasteiger partial charge in [-0.3, -0.25) is 15.1 Å². The number of anilines is 1. The Bertz CT molecular complexity index is 783. The van der Waals surface area contributed by atoms with Crippen LogP contribution in [0.1, 0.15) is 16.2 Å². The summed E-state index contributed by atoms with van der Waals surface area (Å²) in [7, 11) is 0. The zero-order chi connectivity index (χ0) is 14.1. The lowest BCUT2D eigenvalue weighted by Crippen LogP contribution is -2.16. The van der Waals surface area contributed by atoms with Gasteiger partial charge < -0.3 is 4.98 Å². The van der Waals surface area contributed by atoms with E-state index in [2.05, 4.69) is 35.2 Å². The molecular formula is C11H8ClN7O. The third kappa shape index (κ3) is 2.28. The molecule has 0 spiro atoms. The van der Waals surface area contributed by atoms with E-state index in [1.165, 1.54) is 18.7 Å². The largest absolute Gasteiger partial charge is 0.341 e. The second-order valence-electron chi connectivity index (χ2n) is 3.94. The molecule has 0 radical (unpaired) electrons. The first-order chi connectivity index (χ1) is 9.63. The summed E-state index contributed by atoms with van der Waals surface area (Å²) in [5.41, 5.74) is 1.77. The van der Waals surface area contributed by atoms with Gasteiger partial charge in [0.1, 0.15) is 11.2 Å². The number of fused-ring (bicyclic) bond motifs is 1. The standard InChI is InChI=1S/C11H8ClN7O/c1-5-2-14-6(3-13-5)10(20)19-11-17-8(12)7-9(18-11)16-4-15-7/h2-4H,1H3,(H2,15,16,17,18,19,20). The quantitative estimate of drug-likeness (QED) is 0.689. The number of H-pyrrole nitrogens is 1. The van der Waals surface area contributed by atoms with E-state index in [-0.39, 0.29) is 16.8 Å². The second kappa shape index (κ2) is 4.82. The van der Waals surface area contributed by atoms with Crippen LogP contribution in [0.3, 0.4) is 0 Å². The van der Waals surface area contributed by atoms with Gasteiger partial charge in [-0.1, -0.05) is 11.6 Å². The Morgan fingerprint density at radius 2 is 2.10 bits per heavy atom. The minimum atomic E-state index is -0.469. The second-order valence-corrected chi connectivity index (χ2v) is 4.29. The number of hydrogen-bond donors (Lipinski definition) is 2. The van der Waals surface area contributed by atoms with Crippen LogP contribution < -0.4 is 5.32 Å². The SMILES string of the molecule is Cc1cnc(C(=O)Nc2nc(Cl)c3[nH]cnc3n2)cn1. The third-order valence-electron chi connectivity index (χ3n) is 2.48. The lowest BCUT2D eigenvalue weighted by molar-refractivity contribution is 0.102. The molecule has 0 aliphatic heterocycles. The monoisotopic (exact) mass is 289 g/mol. The van der Waals surface area contributed by atoms with Crippen LogP contribution in [-0.2, 0) is 0 Å². The smallest absolute Gasteiger partial charge is 0.278 e. The molecule has 1 amide bonds. The van der Waals surface area contributed by atoms with Gasteiger partial charge in [0, 0.05) is 6.20 Å². The van der Waals surface area contributed by atoms with Gasteiger partial charge >= 0.3 is 0 Å². The maximum atomic E-state index is 11.9. The first-order valence-electron chi connectivity index (χ1n) is 5.60. The van der Waals surface area contributed by atoms with Gasteiger partial charge in [-0.25, -0.2) is 9.97 Å². The van der Waals surface area contributed by atoms with Crippen LogP contribution in [-0.4, -0.2) is 35.8 Å². The first-order valence-corrected chi connectivity index (χ1v) is 5.98. The van der Waals surface area contributed by atoms with Gasteiger partial charge in [0.2, 0.25) is 5.95 Å². The molecule has 0 unspecified atom stereocenters. The molecule has 3 rings (SSSR count). The van der Waals surface area contributed by atoms with Crippen LogP contribution >= 0.6 is 11.6 Å². The molecule has 0 atom stereocenters. The number of aryl methyl sites for hydroxylation is 1. The van der Waals surface area contributed by atoms with Crippen molar-refractivity contribution in [1.29, 1.82) is 0 Å². The van der Waals surface area contributed by atoms with E-state index < -0.39 is 5.91 Å². The first kappa shape index (κ1) is 12.4. The molecule has 2 N–H and O–H groups in total. The molecule has 0 saturated carbocycles. The molecule has 0 fully saturated rings. The number of aromatic amines is 1. The molecule has 3 aromatic rings. The highest BCUT2D eigenvalue weighted by molar-refractivity contribution is 6.33. The molecule has 0 aliphatic rings. The summed E-state index contributed by atoms with van der Waals surface area (Å²) in [5, 5.41) is 2.68. The fourth-order valence-corrected chi connectivity index (χ4v) is 1.75. The number of nitrogens with one attached hydrogen (secondary N) is 2. The summed E-state index contributed by atoms with van der Waals surface area (Å²) in [6.07, 6.45) is 4.32. The average molecular weight is 290 g/mol. The van der Waals surface area contributed by atoms with Crippen molar-refractivity contribution in [2.45, 2.75) is 6.92 Å². The van der Waals surface area contributed by atoms with E-state index in [0.717, 1.165) is 5.69 Å². The molecule has 20 heavy (non-hydrogen) atoms. The molecule has 100 valence electrons. The fraction of sp³-hybridized carbons (Fsp3) is 0.0909. The van der Waals surface area contributed by atoms with Gasteiger partial charge in [0.15, 0.2) is 10.8 Å². The molecule has 0 aliphatic carbocycles. The van der Waals surface area contributed by atoms with Crippen LogP contribution in [0.2, 0.25) is 5.15 Å². The number of carbonyl (C=O) groups is 1. The van der Waals surface area contributed by atoms with E-state index in [9.17, 15) is 4.79 Å². The van der Waals surface area contributed by atoms with Crippen molar-refractivity contribution >= 4 is 34.6 Å². The summed E-state index contributed by atoms with van der Waals surface area (Å²) in [5.74, 6) is -0.412. The number of aromatic nitrogens is 6. The summed E-state index contributed by atoms with van der Waals surface area (Å²) in [4.78, 5) is 34.7. The van der Waals surface area contributed by atoms with Gasteiger partial charge in [0.25, 0.3) is 5.91 Å². The van der Waals surface area contributed by atoms with E-state index in [0.29, 0.717) is 11.2 Å². The molecule has 3 aromatic heterocycles. The molecular weight excluding hydrogens is 282 g/mol. The molecule has 0 saturated heterocycles. The Morgan fingerprint density at radius 3 is 2.85 bits per heavy atom. The van der Waals surface area contributed by atoms with Crippen LogP contribution in [0.15, 0.2) is 18.7 Å². The van der Waals surface area contributed by atoms with Crippen LogP contribution in [0.4, 0.5) is 5.95 Å². The molecule has 0 bridgehead atoms. The van der Waals surface area contributed by atoms with Crippen LogP contribution in [0.25, 0.3) is 11.2 Å². The number of rotatable bonds is 2. The Kier molecular flexibility index (Phi) is 2.99. The fourth-order valence-electron chi connectivity index (χ4n) is 1.53. The van der Waals surface area contributed by atoms with Gasteiger partial charge in [-0.05, 0) is 6.92 Å². The number of hydrogen-bond acceptors (Lipinski definition) is 6.